The van der Waals surface area contributed by atoms with Gasteiger partial charge in [0.15, 0.2) is 0 Å². The van der Waals surface area contributed by atoms with Crippen molar-refractivity contribution < 1.29 is 19.7 Å². The highest BCUT2D eigenvalue weighted by atomic mass is 16.6. The highest BCUT2D eigenvalue weighted by Crippen LogP contribution is 2.34. The van der Waals surface area contributed by atoms with Crippen molar-refractivity contribution in [2.75, 3.05) is 0 Å². The molecule has 1 amide bonds. The summed E-state index contributed by atoms with van der Waals surface area (Å²) >= 11 is 0. The molecule has 3 N–H and O–H groups in total. The van der Waals surface area contributed by atoms with E-state index in [4.69, 9.17) is 5.73 Å². The Morgan fingerprint density at radius 1 is 1.00 bits per heavy atom. The number of carbonyl (C=O) groups excluding carboxylic acids is 1. The van der Waals surface area contributed by atoms with Gasteiger partial charge in [-0.05, 0) is 35.4 Å². The van der Waals surface area contributed by atoms with E-state index >= 15 is 0 Å². The van der Waals surface area contributed by atoms with E-state index in [0.717, 1.165) is 12.1 Å². The van der Waals surface area contributed by atoms with Crippen molar-refractivity contribution in [3.8, 4) is 16.9 Å². The Balaban J connectivity index is 2.71. The number of primary amides is 1. The number of hydrogen-bond donors (Lipinski definition) is 2. The lowest BCUT2D eigenvalue weighted by molar-refractivity contribution is -0.422. The second-order valence-electron chi connectivity index (χ2n) is 4.31. The lowest BCUT2D eigenvalue weighted by Crippen LogP contribution is -2.12. The van der Waals surface area contributed by atoms with Crippen molar-refractivity contribution >= 4 is 17.3 Å². The molecular weight excluding hydrogens is 294 g/mol. The summed E-state index contributed by atoms with van der Waals surface area (Å²) in [5.74, 6) is -0.975. The summed E-state index contributed by atoms with van der Waals surface area (Å²) in [7, 11) is 0. The molecule has 0 fully saturated rings. The fraction of sp³-hybridized carbons (Fsp3) is 0. The van der Waals surface area contributed by atoms with Crippen LogP contribution in [0.2, 0.25) is 0 Å². The van der Waals surface area contributed by atoms with Crippen LogP contribution in [0.3, 0.4) is 0 Å². The molecule has 0 aromatic heterocycles. The van der Waals surface area contributed by atoms with Crippen LogP contribution in [0.15, 0.2) is 36.4 Å². The van der Waals surface area contributed by atoms with Gasteiger partial charge in [-0.3, -0.25) is 25.0 Å². The van der Waals surface area contributed by atoms with Crippen molar-refractivity contribution in [2.45, 2.75) is 0 Å². The molecule has 0 aliphatic heterocycles. The van der Waals surface area contributed by atoms with Gasteiger partial charge in [0.2, 0.25) is 5.91 Å². The molecule has 22 heavy (non-hydrogen) atoms. The van der Waals surface area contributed by atoms with E-state index in [0.29, 0.717) is 0 Å². The molecular formula is C13H9N3O6. The predicted molar refractivity (Wildman–Crippen MR) is 75.4 cm³/mol. The van der Waals surface area contributed by atoms with Gasteiger partial charge in [-0.1, -0.05) is 0 Å². The Kier molecular flexibility index (Phi) is 3.71. The van der Waals surface area contributed by atoms with Crippen LogP contribution in [0.1, 0.15) is 10.4 Å². The van der Waals surface area contributed by atoms with Gasteiger partial charge in [0.05, 0.1) is 9.85 Å². The number of nitrogens with zero attached hydrogens (tertiary/aromatic N) is 2. The van der Waals surface area contributed by atoms with Crippen molar-refractivity contribution in [3.63, 3.8) is 0 Å². The molecule has 9 nitrogen and oxygen atoms in total. The largest absolute Gasteiger partial charge is 0.508 e. The SMILES string of the molecule is NC(=O)c1ccc(O)cc1-c1ccc([N+](=O)[O-])c([N+](=O)[O-])c1. The second-order valence-corrected chi connectivity index (χ2v) is 4.31. The number of phenols is 1. The summed E-state index contributed by atoms with van der Waals surface area (Å²) in [5, 5.41) is 31.3. The molecule has 112 valence electrons. The zero-order valence-electron chi connectivity index (χ0n) is 10.9. The van der Waals surface area contributed by atoms with Crippen molar-refractivity contribution in [1.29, 1.82) is 0 Å². The molecule has 0 unspecified atom stereocenters. The van der Waals surface area contributed by atoms with Crippen LogP contribution in [0.5, 0.6) is 5.75 Å². The molecule has 0 saturated heterocycles. The molecule has 0 saturated carbocycles. The van der Waals surface area contributed by atoms with Crippen LogP contribution in [-0.2, 0) is 0 Å². The lowest BCUT2D eigenvalue weighted by Gasteiger charge is -2.07. The lowest BCUT2D eigenvalue weighted by atomic mass is 9.98. The molecule has 9 heteroatoms. The minimum atomic E-state index is -0.894. The number of rotatable bonds is 4. The van der Waals surface area contributed by atoms with E-state index in [1.807, 2.05) is 0 Å². The van der Waals surface area contributed by atoms with Crippen molar-refractivity contribution in [2.24, 2.45) is 5.73 Å². The fourth-order valence-electron chi connectivity index (χ4n) is 1.98. The zero-order chi connectivity index (χ0) is 16.4. The first-order valence-corrected chi connectivity index (χ1v) is 5.87. The van der Waals surface area contributed by atoms with Gasteiger partial charge in [0.25, 0.3) is 0 Å². The van der Waals surface area contributed by atoms with Crippen molar-refractivity contribution in [1.82, 2.24) is 0 Å². The predicted octanol–water partition coefficient (Wildman–Crippen LogP) is 1.97. The van der Waals surface area contributed by atoms with Crippen LogP contribution in [0.25, 0.3) is 11.1 Å². The normalized spacial score (nSPS) is 10.2. The summed E-state index contributed by atoms with van der Waals surface area (Å²) in [6.45, 7) is 0. The number of nitro benzene ring substituents is 2. The second kappa shape index (κ2) is 5.48. The molecule has 0 aliphatic carbocycles. The summed E-state index contributed by atoms with van der Waals surface area (Å²) in [6.07, 6.45) is 0. The zero-order valence-corrected chi connectivity index (χ0v) is 10.9. The van der Waals surface area contributed by atoms with Gasteiger partial charge < -0.3 is 10.8 Å². The van der Waals surface area contributed by atoms with Gasteiger partial charge in [-0.15, -0.1) is 0 Å². The van der Waals surface area contributed by atoms with Gasteiger partial charge in [0, 0.05) is 17.7 Å². The minimum Gasteiger partial charge on any atom is -0.508 e. The maximum Gasteiger partial charge on any atom is 0.346 e. The number of nitro groups is 2. The minimum absolute atomic E-state index is 0.0287. The number of phenolic OH excluding ortho intramolecular Hbond substituents is 1. The van der Waals surface area contributed by atoms with E-state index < -0.39 is 27.1 Å². The molecule has 0 heterocycles. The summed E-state index contributed by atoms with van der Waals surface area (Å²) in [4.78, 5) is 31.4. The Labute approximate surface area is 122 Å². The van der Waals surface area contributed by atoms with E-state index in [2.05, 4.69) is 0 Å². The van der Waals surface area contributed by atoms with Crippen molar-refractivity contribution in [3.05, 3.63) is 62.2 Å². The molecule has 2 aromatic carbocycles. The van der Waals surface area contributed by atoms with Gasteiger partial charge in [0.1, 0.15) is 5.75 Å². The molecule has 0 spiro atoms. The molecule has 2 rings (SSSR count). The standard InChI is InChI=1S/C13H9N3O6/c14-13(18)9-3-2-8(17)6-10(9)7-1-4-11(15(19)20)12(5-7)16(21)22/h1-6,17H,(H2,14,18). The number of carbonyl (C=O) groups is 1. The number of aromatic hydroxyl groups is 1. The first-order valence-electron chi connectivity index (χ1n) is 5.87. The third-order valence-corrected chi connectivity index (χ3v) is 2.95. The Morgan fingerprint density at radius 3 is 2.18 bits per heavy atom. The Bertz CT molecular complexity index is 802. The molecule has 0 bridgehead atoms. The van der Waals surface area contributed by atoms with E-state index in [-0.39, 0.29) is 22.4 Å². The van der Waals surface area contributed by atoms with Crippen LogP contribution in [0, 0.1) is 20.2 Å². The van der Waals surface area contributed by atoms with E-state index in [1.165, 1.54) is 24.3 Å². The van der Waals surface area contributed by atoms with Crippen LogP contribution in [-0.4, -0.2) is 20.9 Å². The highest BCUT2D eigenvalue weighted by Gasteiger charge is 2.25. The van der Waals surface area contributed by atoms with E-state index in [1.54, 1.807) is 0 Å². The number of nitrogens with two attached hydrogens (primary N) is 1. The maximum absolute atomic E-state index is 11.4. The smallest absolute Gasteiger partial charge is 0.346 e. The van der Waals surface area contributed by atoms with Gasteiger partial charge in [-0.25, -0.2) is 0 Å². The Morgan fingerprint density at radius 2 is 1.64 bits per heavy atom. The van der Waals surface area contributed by atoms with Gasteiger partial charge >= 0.3 is 11.4 Å². The third kappa shape index (κ3) is 2.68. The van der Waals surface area contributed by atoms with Gasteiger partial charge in [-0.2, -0.15) is 0 Å². The molecule has 2 aromatic rings. The van der Waals surface area contributed by atoms with E-state index in [9.17, 15) is 30.1 Å². The molecule has 0 radical (unpaired) electrons. The summed E-state index contributed by atoms with van der Waals surface area (Å²) in [5.41, 5.74) is 4.15. The number of benzene rings is 2. The van der Waals surface area contributed by atoms with Crippen LogP contribution >= 0.6 is 0 Å². The molecule has 0 atom stereocenters. The quantitative estimate of drug-likeness (QED) is 0.651. The maximum atomic E-state index is 11.4. The average Bonchev–Trinajstić information content (AvgIpc) is 2.45. The third-order valence-electron chi connectivity index (χ3n) is 2.95. The first kappa shape index (κ1) is 14.9. The summed E-state index contributed by atoms with van der Waals surface area (Å²) < 4.78 is 0. The fourth-order valence-corrected chi connectivity index (χ4v) is 1.98. The average molecular weight is 303 g/mol. The Hall–Kier alpha value is -3.49. The first-order chi connectivity index (χ1) is 10.3. The highest BCUT2D eigenvalue weighted by molar-refractivity contribution is 6.00. The molecule has 0 aliphatic rings. The topological polar surface area (TPSA) is 150 Å². The number of amides is 1. The monoisotopic (exact) mass is 303 g/mol. The van der Waals surface area contributed by atoms with Crippen LogP contribution < -0.4 is 5.73 Å². The number of hydrogen-bond acceptors (Lipinski definition) is 6. The summed E-state index contributed by atoms with van der Waals surface area (Å²) in [6, 6.07) is 6.86. The van der Waals surface area contributed by atoms with Crippen LogP contribution in [0.4, 0.5) is 11.4 Å².